The SMILES string of the molecule is Cc1cc([N+](=O)[O-])c(N)nc1C(F)F. The van der Waals surface area contributed by atoms with E-state index in [1.807, 2.05) is 0 Å². The van der Waals surface area contributed by atoms with Crippen molar-refractivity contribution in [1.82, 2.24) is 4.98 Å². The number of anilines is 1. The molecule has 0 saturated heterocycles. The summed E-state index contributed by atoms with van der Waals surface area (Å²) in [6, 6.07) is 0.990. The van der Waals surface area contributed by atoms with Crippen LogP contribution in [0.15, 0.2) is 6.07 Å². The zero-order chi connectivity index (χ0) is 10.9. The molecule has 1 aromatic rings. The second-order valence-electron chi connectivity index (χ2n) is 2.65. The molecule has 14 heavy (non-hydrogen) atoms. The van der Waals surface area contributed by atoms with Crippen molar-refractivity contribution in [3.8, 4) is 0 Å². The van der Waals surface area contributed by atoms with E-state index in [-0.39, 0.29) is 5.56 Å². The Morgan fingerprint density at radius 1 is 1.64 bits per heavy atom. The molecular weight excluding hydrogens is 196 g/mol. The Morgan fingerprint density at radius 3 is 2.64 bits per heavy atom. The summed E-state index contributed by atoms with van der Waals surface area (Å²) in [6.07, 6.45) is -2.78. The maximum absolute atomic E-state index is 12.3. The normalized spacial score (nSPS) is 10.6. The van der Waals surface area contributed by atoms with Gasteiger partial charge in [-0.25, -0.2) is 13.8 Å². The Hall–Kier alpha value is -1.79. The van der Waals surface area contributed by atoms with Crippen LogP contribution < -0.4 is 5.73 Å². The summed E-state index contributed by atoms with van der Waals surface area (Å²) in [5.41, 5.74) is 4.23. The van der Waals surface area contributed by atoms with Crippen LogP contribution in [0.5, 0.6) is 0 Å². The third-order valence-electron chi connectivity index (χ3n) is 1.66. The molecular formula is C7H7F2N3O2. The van der Waals surface area contributed by atoms with Gasteiger partial charge in [0, 0.05) is 6.07 Å². The number of nitro groups is 1. The number of alkyl halides is 2. The van der Waals surface area contributed by atoms with Crippen molar-refractivity contribution < 1.29 is 13.7 Å². The summed E-state index contributed by atoms with van der Waals surface area (Å²) in [6.45, 7) is 1.32. The molecule has 1 heterocycles. The standard InChI is InChI=1S/C7H7F2N3O2/c1-3-2-4(12(13)14)7(10)11-5(3)6(8)9/h2,6H,1H3,(H2,10,11). The zero-order valence-electron chi connectivity index (χ0n) is 7.20. The topological polar surface area (TPSA) is 82.0 Å². The molecule has 0 amide bonds. The minimum absolute atomic E-state index is 0.0564. The van der Waals surface area contributed by atoms with Crippen molar-refractivity contribution in [2.45, 2.75) is 13.3 Å². The molecule has 5 nitrogen and oxygen atoms in total. The Morgan fingerprint density at radius 2 is 2.21 bits per heavy atom. The maximum atomic E-state index is 12.3. The van der Waals surface area contributed by atoms with Gasteiger partial charge in [-0.1, -0.05) is 0 Å². The number of nitrogens with zero attached hydrogens (tertiary/aromatic N) is 2. The van der Waals surface area contributed by atoms with Gasteiger partial charge in [0.25, 0.3) is 6.43 Å². The van der Waals surface area contributed by atoms with E-state index >= 15 is 0 Å². The number of nitrogen functional groups attached to an aromatic ring is 1. The summed E-state index contributed by atoms with van der Waals surface area (Å²) >= 11 is 0. The van der Waals surface area contributed by atoms with Crippen LogP contribution in [0.2, 0.25) is 0 Å². The Bertz CT molecular complexity index is 381. The second-order valence-corrected chi connectivity index (χ2v) is 2.65. The van der Waals surface area contributed by atoms with Crippen molar-refractivity contribution in [2.75, 3.05) is 5.73 Å². The molecule has 0 aliphatic rings. The lowest BCUT2D eigenvalue weighted by atomic mass is 10.2. The molecule has 1 aromatic heterocycles. The Labute approximate surface area is 77.7 Å². The first kappa shape index (κ1) is 10.3. The first-order valence-corrected chi connectivity index (χ1v) is 3.63. The van der Waals surface area contributed by atoms with Crippen LogP contribution in [0, 0.1) is 17.0 Å². The number of aromatic nitrogens is 1. The molecule has 2 N–H and O–H groups in total. The van der Waals surface area contributed by atoms with Crippen molar-refractivity contribution in [3.05, 3.63) is 27.4 Å². The number of hydrogen-bond acceptors (Lipinski definition) is 4. The fourth-order valence-electron chi connectivity index (χ4n) is 0.995. The highest BCUT2D eigenvalue weighted by atomic mass is 19.3. The van der Waals surface area contributed by atoms with Crippen molar-refractivity contribution >= 4 is 11.5 Å². The molecule has 76 valence electrons. The summed E-state index contributed by atoms with van der Waals surface area (Å²) in [5, 5.41) is 10.4. The molecule has 0 saturated carbocycles. The Kier molecular flexibility index (Phi) is 2.59. The predicted molar refractivity (Wildman–Crippen MR) is 45.0 cm³/mol. The average Bonchev–Trinajstić information content (AvgIpc) is 2.07. The van der Waals surface area contributed by atoms with Gasteiger partial charge >= 0.3 is 5.69 Å². The molecule has 7 heteroatoms. The fourth-order valence-corrected chi connectivity index (χ4v) is 0.995. The van der Waals surface area contributed by atoms with Crippen LogP contribution in [-0.4, -0.2) is 9.91 Å². The van der Waals surface area contributed by atoms with Gasteiger partial charge in [-0.15, -0.1) is 0 Å². The molecule has 0 aromatic carbocycles. The van der Waals surface area contributed by atoms with E-state index in [9.17, 15) is 18.9 Å². The average molecular weight is 203 g/mol. The highest BCUT2D eigenvalue weighted by molar-refractivity contribution is 5.54. The third kappa shape index (κ3) is 1.76. The lowest BCUT2D eigenvalue weighted by molar-refractivity contribution is -0.384. The maximum Gasteiger partial charge on any atom is 0.311 e. The largest absolute Gasteiger partial charge is 0.378 e. The van der Waals surface area contributed by atoms with E-state index in [1.54, 1.807) is 0 Å². The molecule has 0 aliphatic heterocycles. The minimum Gasteiger partial charge on any atom is -0.378 e. The highest BCUT2D eigenvalue weighted by Crippen LogP contribution is 2.27. The van der Waals surface area contributed by atoms with Crippen LogP contribution in [0.25, 0.3) is 0 Å². The van der Waals surface area contributed by atoms with Crippen LogP contribution in [0.3, 0.4) is 0 Å². The second kappa shape index (κ2) is 3.52. The zero-order valence-corrected chi connectivity index (χ0v) is 7.20. The van der Waals surface area contributed by atoms with Crippen molar-refractivity contribution in [2.24, 2.45) is 0 Å². The quantitative estimate of drug-likeness (QED) is 0.587. The van der Waals surface area contributed by atoms with Gasteiger partial charge in [0.2, 0.25) is 5.82 Å². The van der Waals surface area contributed by atoms with Crippen LogP contribution in [0.4, 0.5) is 20.3 Å². The van der Waals surface area contributed by atoms with E-state index in [0.29, 0.717) is 0 Å². The number of halogens is 2. The minimum atomic E-state index is -2.78. The van der Waals surface area contributed by atoms with E-state index in [2.05, 4.69) is 4.98 Å². The smallest absolute Gasteiger partial charge is 0.311 e. The number of aryl methyl sites for hydroxylation is 1. The fraction of sp³-hybridized carbons (Fsp3) is 0.286. The summed E-state index contributed by atoms with van der Waals surface area (Å²) in [5.74, 6) is -0.490. The molecule has 0 spiro atoms. The lowest BCUT2D eigenvalue weighted by Crippen LogP contribution is -2.03. The van der Waals surface area contributed by atoms with Gasteiger partial charge in [0.05, 0.1) is 4.92 Å². The van der Waals surface area contributed by atoms with Gasteiger partial charge < -0.3 is 5.73 Å². The van der Waals surface area contributed by atoms with E-state index in [1.165, 1.54) is 6.92 Å². The third-order valence-corrected chi connectivity index (χ3v) is 1.66. The molecule has 1 rings (SSSR count). The number of hydrogen-bond donors (Lipinski definition) is 1. The van der Waals surface area contributed by atoms with E-state index in [4.69, 9.17) is 5.73 Å². The monoisotopic (exact) mass is 203 g/mol. The molecule has 0 fully saturated rings. The van der Waals surface area contributed by atoms with Crippen LogP contribution in [0.1, 0.15) is 17.7 Å². The van der Waals surface area contributed by atoms with Gasteiger partial charge in [-0.05, 0) is 12.5 Å². The molecule has 0 bridgehead atoms. The number of nitrogens with two attached hydrogens (primary N) is 1. The summed E-state index contributed by atoms with van der Waals surface area (Å²) in [7, 11) is 0. The Balaban J connectivity index is 3.31. The first-order valence-electron chi connectivity index (χ1n) is 3.63. The molecule has 0 atom stereocenters. The molecule has 0 aliphatic carbocycles. The number of rotatable bonds is 2. The predicted octanol–water partition coefficient (Wildman–Crippen LogP) is 1.82. The van der Waals surface area contributed by atoms with E-state index < -0.39 is 28.5 Å². The van der Waals surface area contributed by atoms with Crippen molar-refractivity contribution in [3.63, 3.8) is 0 Å². The highest BCUT2D eigenvalue weighted by Gasteiger charge is 2.20. The first-order chi connectivity index (χ1) is 6.43. The van der Waals surface area contributed by atoms with E-state index in [0.717, 1.165) is 6.07 Å². The summed E-state index contributed by atoms with van der Waals surface area (Å²) < 4.78 is 24.5. The molecule has 0 unspecified atom stereocenters. The van der Waals surface area contributed by atoms with Crippen LogP contribution in [-0.2, 0) is 0 Å². The summed E-state index contributed by atoms with van der Waals surface area (Å²) in [4.78, 5) is 12.9. The van der Waals surface area contributed by atoms with Crippen LogP contribution >= 0.6 is 0 Å². The van der Waals surface area contributed by atoms with Crippen molar-refractivity contribution in [1.29, 1.82) is 0 Å². The van der Waals surface area contributed by atoms with Gasteiger partial charge in [-0.3, -0.25) is 10.1 Å². The van der Waals surface area contributed by atoms with Gasteiger partial charge in [0.15, 0.2) is 0 Å². The number of pyridine rings is 1. The molecule has 0 radical (unpaired) electrons. The van der Waals surface area contributed by atoms with Gasteiger partial charge in [0.1, 0.15) is 5.69 Å². The van der Waals surface area contributed by atoms with Gasteiger partial charge in [-0.2, -0.15) is 0 Å². The lowest BCUT2D eigenvalue weighted by Gasteiger charge is -2.04.